The summed E-state index contributed by atoms with van der Waals surface area (Å²) >= 11 is 0. The molecule has 0 aliphatic rings. The molecule has 2 heterocycles. The van der Waals surface area contributed by atoms with Gasteiger partial charge in [0.05, 0.1) is 17.5 Å². The van der Waals surface area contributed by atoms with E-state index in [-0.39, 0.29) is 0 Å². The van der Waals surface area contributed by atoms with Gasteiger partial charge in [0.2, 0.25) is 0 Å². The lowest BCUT2D eigenvalue weighted by atomic mass is 10.2. The van der Waals surface area contributed by atoms with E-state index in [9.17, 15) is 0 Å². The Bertz CT molecular complexity index is 617. The van der Waals surface area contributed by atoms with E-state index in [1.54, 1.807) is 18.4 Å². The van der Waals surface area contributed by atoms with Crippen molar-refractivity contribution in [1.82, 2.24) is 4.98 Å². The summed E-state index contributed by atoms with van der Waals surface area (Å²) in [6.07, 6.45) is 1.59. The molecule has 0 saturated carbocycles. The Hall–Kier alpha value is -2.29. The van der Waals surface area contributed by atoms with Crippen LogP contribution >= 0.6 is 0 Å². The van der Waals surface area contributed by atoms with Crippen molar-refractivity contribution in [3.63, 3.8) is 0 Å². The van der Waals surface area contributed by atoms with Crippen LogP contribution in [0, 0.1) is 0 Å². The molecule has 0 aliphatic heterocycles. The first kappa shape index (κ1) is 9.90. The first-order valence-corrected chi connectivity index (χ1v) is 5.43. The predicted octanol–water partition coefficient (Wildman–Crippen LogP) is 3.41. The van der Waals surface area contributed by atoms with Crippen LogP contribution in [0.1, 0.15) is 5.69 Å². The molecule has 0 fully saturated rings. The summed E-state index contributed by atoms with van der Waals surface area (Å²) < 4.78 is 10.5. The number of hydrogen-bond donors (Lipinski definition) is 0. The van der Waals surface area contributed by atoms with Crippen LogP contribution < -0.4 is 4.74 Å². The Labute approximate surface area is 98.7 Å². The second kappa shape index (κ2) is 4.29. The number of ether oxygens (including phenoxy) is 1. The number of furan rings is 1. The van der Waals surface area contributed by atoms with E-state index >= 15 is 0 Å². The molecule has 0 N–H and O–H groups in total. The van der Waals surface area contributed by atoms with E-state index in [0.29, 0.717) is 12.6 Å². The molecule has 84 valence electrons. The molecule has 0 saturated heterocycles. The maximum absolute atomic E-state index is 5.45. The van der Waals surface area contributed by atoms with Crippen molar-refractivity contribution in [3.8, 4) is 5.95 Å². The standard InChI is InChI=1S/C14H11NO2/c1-2-5-13-11(4-1)7-8-12(15-13)10-17-14-6-3-9-16-14/h1-9H,10H2. The fraction of sp³-hybridized carbons (Fsp3) is 0.0714. The van der Waals surface area contributed by atoms with Gasteiger partial charge in [-0.1, -0.05) is 24.3 Å². The number of nitrogens with zero attached hydrogens (tertiary/aromatic N) is 1. The van der Waals surface area contributed by atoms with Crippen LogP contribution in [0.4, 0.5) is 0 Å². The van der Waals surface area contributed by atoms with Crippen LogP contribution in [0.15, 0.2) is 59.2 Å². The molecule has 3 nitrogen and oxygen atoms in total. The summed E-state index contributed by atoms with van der Waals surface area (Å²) in [5.74, 6) is 0.514. The second-order valence-electron chi connectivity index (χ2n) is 3.72. The molecule has 3 rings (SSSR count). The third kappa shape index (κ3) is 2.13. The SMILES string of the molecule is c1coc(OCc2ccc3ccccc3n2)c1. The highest BCUT2D eigenvalue weighted by Gasteiger charge is 2.00. The van der Waals surface area contributed by atoms with E-state index in [4.69, 9.17) is 9.15 Å². The molecule has 3 heteroatoms. The topological polar surface area (TPSA) is 35.3 Å². The van der Waals surface area contributed by atoms with Gasteiger partial charge in [-0.3, -0.25) is 0 Å². The van der Waals surface area contributed by atoms with Gasteiger partial charge in [-0.25, -0.2) is 4.98 Å². The first-order valence-electron chi connectivity index (χ1n) is 5.43. The van der Waals surface area contributed by atoms with Crippen molar-refractivity contribution in [1.29, 1.82) is 0 Å². The van der Waals surface area contributed by atoms with Crippen molar-refractivity contribution >= 4 is 10.9 Å². The highest BCUT2D eigenvalue weighted by Crippen LogP contribution is 2.15. The van der Waals surface area contributed by atoms with Crippen molar-refractivity contribution in [2.45, 2.75) is 6.61 Å². The molecule has 0 aliphatic carbocycles. The minimum atomic E-state index is 0.415. The summed E-state index contributed by atoms with van der Waals surface area (Å²) in [6, 6.07) is 15.6. The zero-order valence-electron chi connectivity index (χ0n) is 9.17. The lowest BCUT2D eigenvalue weighted by Gasteiger charge is -2.03. The average molecular weight is 225 g/mol. The van der Waals surface area contributed by atoms with Gasteiger partial charge in [0.1, 0.15) is 6.61 Å². The van der Waals surface area contributed by atoms with Crippen LogP contribution in [0.3, 0.4) is 0 Å². The summed E-state index contributed by atoms with van der Waals surface area (Å²) in [4.78, 5) is 4.51. The number of fused-ring (bicyclic) bond motifs is 1. The molecule has 2 aromatic heterocycles. The molecule has 0 unspecified atom stereocenters. The number of pyridine rings is 1. The highest BCUT2D eigenvalue weighted by atomic mass is 16.6. The minimum absolute atomic E-state index is 0.415. The van der Waals surface area contributed by atoms with Crippen LogP contribution in [0.2, 0.25) is 0 Å². The van der Waals surface area contributed by atoms with Gasteiger partial charge < -0.3 is 9.15 Å². The summed E-state index contributed by atoms with van der Waals surface area (Å²) in [7, 11) is 0. The lowest BCUT2D eigenvalue weighted by molar-refractivity contribution is 0.229. The Kier molecular flexibility index (Phi) is 2.50. The van der Waals surface area contributed by atoms with Crippen molar-refractivity contribution < 1.29 is 9.15 Å². The van der Waals surface area contributed by atoms with E-state index in [1.165, 1.54) is 0 Å². The summed E-state index contributed by atoms with van der Waals surface area (Å²) in [6.45, 7) is 0.415. The Balaban J connectivity index is 1.81. The smallest absolute Gasteiger partial charge is 0.284 e. The Morgan fingerprint density at radius 2 is 1.94 bits per heavy atom. The molecule has 1 aromatic carbocycles. The maximum Gasteiger partial charge on any atom is 0.284 e. The van der Waals surface area contributed by atoms with E-state index < -0.39 is 0 Å². The van der Waals surface area contributed by atoms with Gasteiger partial charge in [0, 0.05) is 11.5 Å². The molecule has 0 bridgehead atoms. The monoisotopic (exact) mass is 225 g/mol. The quantitative estimate of drug-likeness (QED) is 0.685. The predicted molar refractivity (Wildman–Crippen MR) is 64.8 cm³/mol. The van der Waals surface area contributed by atoms with E-state index in [2.05, 4.69) is 4.98 Å². The normalized spacial score (nSPS) is 10.6. The van der Waals surface area contributed by atoms with Gasteiger partial charge in [-0.15, -0.1) is 0 Å². The molecule has 17 heavy (non-hydrogen) atoms. The summed E-state index contributed by atoms with van der Waals surface area (Å²) in [5, 5.41) is 1.13. The minimum Gasteiger partial charge on any atom is -0.459 e. The molecule has 0 atom stereocenters. The lowest BCUT2D eigenvalue weighted by Crippen LogP contribution is -1.97. The Morgan fingerprint density at radius 1 is 1.00 bits per heavy atom. The number of rotatable bonds is 3. The molecule has 0 spiro atoms. The fourth-order valence-electron chi connectivity index (χ4n) is 1.68. The number of benzene rings is 1. The zero-order valence-corrected chi connectivity index (χ0v) is 9.17. The van der Waals surface area contributed by atoms with Crippen molar-refractivity contribution in [2.24, 2.45) is 0 Å². The molecule has 3 aromatic rings. The van der Waals surface area contributed by atoms with Crippen LogP contribution in [-0.4, -0.2) is 4.98 Å². The zero-order chi connectivity index (χ0) is 11.5. The maximum atomic E-state index is 5.45. The average Bonchev–Trinajstić information content (AvgIpc) is 2.89. The molecule has 0 radical (unpaired) electrons. The number of hydrogen-bond acceptors (Lipinski definition) is 3. The first-order chi connectivity index (χ1) is 8.42. The van der Waals surface area contributed by atoms with Crippen LogP contribution in [-0.2, 0) is 6.61 Å². The highest BCUT2D eigenvalue weighted by molar-refractivity contribution is 5.78. The number of para-hydroxylation sites is 1. The van der Waals surface area contributed by atoms with E-state index in [1.807, 2.05) is 36.4 Å². The number of aromatic nitrogens is 1. The van der Waals surface area contributed by atoms with Crippen molar-refractivity contribution in [2.75, 3.05) is 0 Å². The van der Waals surface area contributed by atoms with Gasteiger partial charge in [0.25, 0.3) is 5.95 Å². The Morgan fingerprint density at radius 3 is 2.82 bits per heavy atom. The van der Waals surface area contributed by atoms with Crippen molar-refractivity contribution in [3.05, 3.63) is 60.5 Å². The van der Waals surface area contributed by atoms with Gasteiger partial charge in [-0.05, 0) is 18.2 Å². The van der Waals surface area contributed by atoms with Gasteiger partial charge in [-0.2, -0.15) is 0 Å². The third-order valence-corrected chi connectivity index (χ3v) is 2.51. The van der Waals surface area contributed by atoms with E-state index in [0.717, 1.165) is 16.6 Å². The molecular weight excluding hydrogens is 214 g/mol. The third-order valence-electron chi connectivity index (χ3n) is 2.51. The molecular formula is C14H11NO2. The largest absolute Gasteiger partial charge is 0.459 e. The molecule has 0 amide bonds. The summed E-state index contributed by atoms with van der Waals surface area (Å²) in [5.41, 5.74) is 1.87. The van der Waals surface area contributed by atoms with Gasteiger partial charge in [0.15, 0.2) is 0 Å². The fourth-order valence-corrected chi connectivity index (χ4v) is 1.68. The second-order valence-corrected chi connectivity index (χ2v) is 3.72. The van der Waals surface area contributed by atoms with Crippen LogP contribution in [0.25, 0.3) is 10.9 Å². The van der Waals surface area contributed by atoms with Gasteiger partial charge >= 0.3 is 0 Å². The van der Waals surface area contributed by atoms with Crippen LogP contribution in [0.5, 0.6) is 5.95 Å².